The number of anilines is 1. The van der Waals surface area contributed by atoms with E-state index in [4.69, 9.17) is 4.52 Å². The molecule has 1 fully saturated rings. The summed E-state index contributed by atoms with van der Waals surface area (Å²) in [5, 5.41) is 15.5. The fourth-order valence-electron chi connectivity index (χ4n) is 3.43. The number of nitro groups is 1. The highest BCUT2D eigenvalue weighted by Gasteiger charge is 2.23. The molecule has 0 amide bonds. The van der Waals surface area contributed by atoms with Crippen LogP contribution in [-0.2, 0) is 6.54 Å². The van der Waals surface area contributed by atoms with Crippen molar-refractivity contribution < 1.29 is 9.45 Å². The van der Waals surface area contributed by atoms with Crippen LogP contribution in [0.4, 0.5) is 11.5 Å². The van der Waals surface area contributed by atoms with Gasteiger partial charge in [-0.2, -0.15) is 0 Å². The summed E-state index contributed by atoms with van der Waals surface area (Å²) in [4.78, 5) is 20.2. The Hall–Kier alpha value is -3.26. The largest absolute Gasteiger partial charge is 0.361 e. The van der Waals surface area contributed by atoms with Gasteiger partial charge in [0.25, 0.3) is 5.69 Å². The number of pyridine rings is 1. The Morgan fingerprint density at radius 2 is 1.86 bits per heavy atom. The highest BCUT2D eigenvalue weighted by Crippen LogP contribution is 2.30. The highest BCUT2D eigenvalue weighted by atomic mass is 16.6. The summed E-state index contributed by atoms with van der Waals surface area (Å²) in [5.74, 6) is 1.58. The van der Waals surface area contributed by atoms with Crippen LogP contribution in [0.25, 0.3) is 11.3 Å². The third-order valence-electron chi connectivity index (χ3n) is 4.86. The molecule has 8 nitrogen and oxygen atoms in total. The maximum absolute atomic E-state index is 11.4. The molecule has 1 aliphatic rings. The van der Waals surface area contributed by atoms with Gasteiger partial charge in [-0.3, -0.25) is 15.0 Å². The van der Waals surface area contributed by atoms with E-state index in [1.807, 2.05) is 43.3 Å². The first-order valence-electron chi connectivity index (χ1n) is 9.20. The van der Waals surface area contributed by atoms with Crippen molar-refractivity contribution in [1.29, 1.82) is 0 Å². The van der Waals surface area contributed by atoms with Crippen molar-refractivity contribution in [2.24, 2.45) is 0 Å². The van der Waals surface area contributed by atoms with Crippen molar-refractivity contribution in [3.8, 4) is 11.3 Å². The molecule has 3 heterocycles. The smallest absolute Gasteiger partial charge is 0.295 e. The molecule has 1 aliphatic heterocycles. The molecule has 8 heteroatoms. The average molecular weight is 379 g/mol. The summed E-state index contributed by atoms with van der Waals surface area (Å²) < 4.78 is 5.13. The van der Waals surface area contributed by atoms with E-state index in [9.17, 15) is 10.1 Å². The summed E-state index contributed by atoms with van der Waals surface area (Å²) in [7, 11) is 0. The summed E-state index contributed by atoms with van der Waals surface area (Å²) in [6.45, 7) is 5.98. The van der Waals surface area contributed by atoms with Gasteiger partial charge in [-0.25, -0.2) is 4.98 Å². The van der Waals surface area contributed by atoms with Crippen molar-refractivity contribution in [3.63, 3.8) is 0 Å². The fraction of sp³-hybridized carbons (Fsp3) is 0.300. The molecule has 1 saturated heterocycles. The molecule has 4 rings (SSSR count). The number of aryl methyl sites for hydroxylation is 1. The van der Waals surface area contributed by atoms with Gasteiger partial charge in [0, 0.05) is 50.4 Å². The molecule has 1 aromatic carbocycles. The second-order valence-electron chi connectivity index (χ2n) is 6.85. The number of hydrogen-bond acceptors (Lipinski definition) is 7. The lowest BCUT2D eigenvalue weighted by Gasteiger charge is -2.35. The van der Waals surface area contributed by atoms with Gasteiger partial charge in [0.15, 0.2) is 5.69 Å². The molecular formula is C20H21N5O3. The SMILES string of the molecule is Cc1cc(CN2CCN(c3ccc([N+](=O)[O-])c(-c4ccccc4)n3)CC2)no1. The van der Waals surface area contributed by atoms with Crippen LogP contribution in [0, 0.1) is 17.0 Å². The Morgan fingerprint density at radius 3 is 2.50 bits per heavy atom. The van der Waals surface area contributed by atoms with E-state index >= 15 is 0 Å². The van der Waals surface area contributed by atoms with Crippen molar-refractivity contribution in [1.82, 2.24) is 15.0 Å². The predicted octanol–water partition coefficient (Wildman–Crippen LogP) is 3.28. The van der Waals surface area contributed by atoms with Gasteiger partial charge in [-0.05, 0) is 13.0 Å². The predicted molar refractivity (Wildman–Crippen MR) is 105 cm³/mol. The Kier molecular flexibility index (Phi) is 5.03. The van der Waals surface area contributed by atoms with Crippen LogP contribution in [0.15, 0.2) is 53.1 Å². The van der Waals surface area contributed by atoms with Crippen LogP contribution in [0.3, 0.4) is 0 Å². The van der Waals surface area contributed by atoms with Crippen molar-refractivity contribution in [2.75, 3.05) is 31.1 Å². The number of rotatable bonds is 5. The molecule has 0 spiro atoms. The Labute approximate surface area is 162 Å². The molecule has 0 saturated carbocycles. The van der Waals surface area contributed by atoms with Crippen molar-refractivity contribution in [2.45, 2.75) is 13.5 Å². The van der Waals surface area contributed by atoms with Gasteiger partial charge in [0.1, 0.15) is 11.6 Å². The van der Waals surface area contributed by atoms with Gasteiger partial charge in [0.05, 0.1) is 10.6 Å². The molecule has 144 valence electrons. The van der Waals surface area contributed by atoms with E-state index < -0.39 is 0 Å². The Morgan fingerprint density at radius 1 is 1.11 bits per heavy atom. The molecule has 0 bridgehead atoms. The monoisotopic (exact) mass is 379 g/mol. The molecule has 28 heavy (non-hydrogen) atoms. The first-order valence-corrected chi connectivity index (χ1v) is 9.20. The lowest BCUT2D eigenvalue weighted by molar-refractivity contribution is -0.384. The van der Waals surface area contributed by atoms with Crippen LogP contribution >= 0.6 is 0 Å². The van der Waals surface area contributed by atoms with Crippen molar-refractivity contribution in [3.05, 3.63) is 70.1 Å². The first-order chi connectivity index (χ1) is 13.6. The number of hydrogen-bond donors (Lipinski definition) is 0. The Balaban J connectivity index is 1.50. The highest BCUT2D eigenvalue weighted by molar-refractivity contribution is 5.71. The summed E-state index contributed by atoms with van der Waals surface area (Å²) in [5.41, 5.74) is 2.11. The number of aromatic nitrogens is 2. The molecule has 2 aromatic heterocycles. The van der Waals surface area contributed by atoms with E-state index in [0.29, 0.717) is 5.69 Å². The van der Waals surface area contributed by atoms with E-state index in [-0.39, 0.29) is 10.6 Å². The van der Waals surface area contributed by atoms with Crippen LogP contribution in [0.1, 0.15) is 11.5 Å². The zero-order valence-electron chi connectivity index (χ0n) is 15.6. The maximum Gasteiger partial charge on any atom is 0.295 e. The lowest BCUT2D eigenvalue weighted by Crippen LogP contribution is -2.46. The average Bonchev–Trinajstić information content (AvgIpc) is 3.13. The second-order valence-corrected chi connectivity index (χ2v) is 6.85. The topological polar surface area (TPSA) is 88.5 Å². The molecule has 0 radical (unpaired) electrons. The van der Waals surface area contributed by atoms with Gasteiger partial charge in [-0.15, -0.1) is 0 Å². The zero-order valence-corrected chi connectivity index (χ0v) is 15.6. The Bertz CT molecular complexity index is 965. The summed E-state index contributed by atoms with van der Waals surface area (Å²) in [6.07, 6.45) is 0. The standard InChI is InChI=1S/C20H21N5O3/c1-15-13-17(22-28-15)14-23-9-11-24(12-10-23)19-8-7-18(25(26)27)20(21-19)16-5-3-2-4-6-16/h2-8,13H,9-12,14H2,1H3. The van der Waals surface area contributed by atoms with E-state index in [1.54, 1.807) is 12.1 Å². The zero-order chi connectivity index (χ0) is 19.5. The summed E-state index contributed by atoms with van der Waals surface area (Å²) in [6, 6.07) is 14.5. The van der Waals surface area contributed by atoms with Gasteiger partial charge in [0.2, 0.25) is 0 Å². The van der Waals surface area contributed by atoms with Gasteiger partial charge >= 0.3 is 0 Å². The number of piperazine rings is 1. The van der Waals surface area contributed by atoms with Crippen LogP contribution in [0.5, 0.6) is 0 Å². The quantitative estimate of drug-likeness (QED) is 0.496. The van der Waals surface area contributed by atoms with E-state index in [1.165, 1.54) is 0 Å². The van der Waals surface area contributed by atoms with Crippen LogP contribution < -0.4 is 4.90 Å². The van der Waals surface area contributed by atoms with Gasteiger partial charge < -0.3 is 9.42 Å². The minimum absolute atomic E-state index is 0.0231. The third-order valence-corrected chi connectivity index (χ3v) is 4.86. The van der Waals surface area contributed by atoms with E-state index in [2.05, 4.69) is 19.9 Å². The van der Waals surface area contributed by atoms with Gasteiger partial charge in [-0.1, -0.05) is 35.5 Å². The fourth-order valence-corrected chi connectivity index (χ4v) is 3.43. The van der Waals surface area contributed by atoms with Crippen molar-refractivity contribution >= 4 is 11.5 Å². The maximum atomic E-state index is 11.4. The summed E-state index contributed by atoms with van der Waals surface area (Å²) >= 11 is 0. The third kappa shape index (κ3) is 3.86. The minimum atomic E-state index is -0.378. The molecule has 0 atom stereocenters. The number of benzene rings is 1. The first kappa shape index (κ1) is 18.1. The van der Waals surface area contributed by atoms with Crippen LogP contribution in [-0.4, -0.2) is 46.1 Å². The molecule has 3 aromatic rings. The van der Waals surface area contributed by atoms with Crippen LogP contribution in [0.2, 0.25) is 0 Å². The normalized spacial score (nSPS) is 15.0. The molecular weight excluding hydrogens is 358 g/mol. The minimum Gasteiger partial charge on any atom is -0.361 e. The van der Waals surface area contributed by atoms with E-state index in [0.717, 1.165) is 55.6 Å². The number of nitrogens with zero attached hydrogens (tertiary/aromatic N) is 5. The second kappa shape index (κ2) is 7.77. The lowest BCUT2D eigenvalue weighted by atomic mass is 10.1. The molecule has 0 N–H and O–H groups in total. The molecule has 0 aliphatic carbocycles. The molecule has 0 unspecified atom stereocenters.